The first-order chi connectivity index (χ1) is 13.6. The number of rotatable bonds is 5. The van der Waals surface area contributed by atoms with Gasteiger partial charge in [-0.05, 0) is 36.1 Å². The van der Waals surface area contributed by atoms with Gasteiger partial charge in [0.05, 0.1) is 22.9 Å². The Kier molecular flexibility index (Phi) is 4.82. The van der Waals surface area contributed by atoms with Gasteiger partial charge in [0.25, 0.3) is 0 Å². The van der Waals surface area contributed by atoms with Gasteiger partial charge in [0.2, 0.25) is 0 Å². The van der Waals surface area contributed by atoms with E-state index >= 15 is 0 Å². The Labute approximate surface area is 164 Å². The number of nitrogens with zero attached hydrogens (tertiary/aromatic N) is 3. The number of hydrogen-bond donors (Lipinski definition) is 0. The highest BCUT2D eigenvalue weighted by Crippen LogP contribution is 2.31. The molecule has 5 nitrogen and oxygen atoms in total. The first-order valence-electron chi connectivity index (χ1n) is 9.63. The number of aromatic nitrogens is 3. The average Bonchev–Trinajstić information content (AvgIpc) is 3.06. The quantitative estimate of drug-likeness (QED) is 0.457. The van der Waals surface area contributed by atoms with Crippen LogP contribution in [0, 0.1) is 5.92 Å². The van der Waals surface area contributed by atoms with Crippen molar-refractivity contribution in [3.63, 3.8) is 0 Å². The fourth-order valence-electron chi connectivity index (χ4n) is 3.42. The summed E-state index contributed by atoms with van der Waals surface area (Å²) in [6.07, 6.45) is 3.04. The van der Waals surface area contributed by atoms with E-state index in [1.54, 1.807) is 13.1 Å². The molecule has 0 unspecified atom stereocenters. The molecule has 0 saturated carbocycles. The van der Waals surface area contributed by atoms with E-state index in [1.165, 1.54) is 5.56 Å². The van der Waals surface area contributed by atoms with Gasteiger partial charge in [-0.1, -0.05) is 51.1 Å². The van der Waals surface area contributed by atoms with Gasteiger partial charge in [0.1, 0.15) is 5.52 Å². The summed E-state index contributed by atoms with van der Waals surface area (Å²) in [5, 5.41) is 0.970. The van der Waals surface area contributed by atoms with Crippen LogP contribution < -0.4 is 4.74 Å². The smallest absolute Gasteiger partial charge is 0.313 e. The zero-order valence-electron chi connectivity index (χ0n) is 16.3. The number of hydrogen-bond acceptors (Lipinski definition) is 4. The Morgan fingerprint density at radius 3 is 2.54 bits per heavy atom. The molecule has 0 saturated heterocycles. The molecule has 2 heterocycles. The highest BCUT2D eigenvalue weighted by molar-refractivity contribution is 6.03. The van der Waals surface area contributed by atoms with Crippen molar-refractivity contribution >= 4 is 27.9 Å². The van der Waals surface area contributed by atoms with Crippen molar-refractivity contribution in [1.82, 2.24) is 14.5 Å². The van der Waals surface area contributed by atoms with Gasteiger partial charge in [0.15, 0.2) is 0 Å². The standard InChI is InChI=1S/C23H23N3O2/c1-4-21(27)28-23-25-20-14-24-19-8-6-5-7-18(19)22(20)26(23)17-11-9-16(10-12-17)13-15(2)3/h5-12,14-15H,4,13H2,1-3H3. The number of esters is 1. The monoisotopic (exact) mass is 373 g/mol. The van der Waals surface area contributed by atoms with Gasteiger partial charge in [-0.15, -0.1) is 0 Å². The zero-order valence-corrected chi connectivity index (χ0v) is 16.3. The molecule has 4 rings (SSSR count). The molecule has 0 amide bonds. The first kappa shape index (κ1) is 18.2. The largest absolute Gasteiger partial charge is 0.392 e. The molecule has 0 aliphatic rings. The Morgan fingerprint density at radius 1 is 1.07 bits per heavy atom. The summed E-state index contributed by atoms with van der Waals surface area (Å²) in [5.74, 6) is 0.279. The second-order valence-corrected chi connectivity index (χ2v) is 7.33. The summed E-state index contributed by atoms with van der Waals surface area (Å²) >= 11 is 0. The van der Waals surface area contributed by atoms with Crippen molar-refractivity contribution in [2.45, 2.75) is 33.6 Å². The maximum absolute atomic E-state index is 12.0. The van der Waals surface area contributed by atoms with E-state index < -0.39 is 0 Å². The highest BCUT2D eigenvalue weighted by Gasteiger charge is 2.19. The number of carbonyl (C=O) groups is 1. The number of carbonyl (C=O) groups excluding carboxylic acids is 1. The number of fused-ring (bicyclic) bond motifs is 3. The van der Waals surface area contributed by atoms with Crippen LogP contribution in [-0.4, -0.2) is 20.5 Å². The molecule has 0 aliphatic heterocycles. The third kappa shape index (κ3) is 3.36. The molecule has 0 spiro atoms. The van der Waals surface area contributed by atoms with E-state index in [4.69, 9.17) is 4.74 Å². The number of pyridine rings is 1. The van der Waals surface area contributed by atoms with Gasteiger partial charge in [-0.3, -0.25) is 14.3 Å². The first-order valence-corrected chi connectivity index (χ1v) is 9.63. The number of para-hydroxylation sites is 1. The minimum atomic E-state index is -0.315. The van der Waals surface area contributed by atoms with Crippen molar-refractivity contribution < 1.29 is 9.53 Å². The van der Waals surface area contributed by atoms with Crippen molar-refractivity contribution in [2.24, 2.45) is 5.92 Å². The second-order valence-electron chi connectivity index (χ2n) is 7.33. The molecular weight excluding hydrogens is 350 g/mol. The topological polar surface area (TPSA) is 57.0 Å². The van der Waals surface area contributed by atoms with Crippen LogP contribution in [0.5, 0.6) is 6.01 Å². The third-order valence-corrected chi connectivity index (χ3v) is 4.69. The van der Waals surface area contributed by atoms with Gasteiger partial charge in [-0.25, -0.2) is 0 Å². The second kappa shape index (κ2) is 7.43. The van der Waals surface area contributed by atoms with Crippen LogP contribution in [0.15, 0.2) is 54.7 Å². The molecule has 142 valence electrons. The normalized spacial score (nSPS) is 11.4. The Morgan fingerprint density at radius 2 is 1.82 bits per heavy atom. The van der Waals surface area contributed by atoms with E-state index in [1.807, 2.05) is 28.8 Å². The maximum atomic E-state index is 12.0. The summed E-state index contributed by atoms with van der Waals surface area (Å²) in [7, 11) is 0. The summed E-state index contributed by atoms with van der Waals surface area (Å²) in [6, 6.07) is 16.5. The van der Waals surface area contributed by atoms with Crippen LogP contribution in [0.2, 0.25) is 0 Å². The van der Waals surface area contributed by atoms with E-state index in [2.05, 4.69) is 48.1 Å². The van der Waals surface area contributed by atoms with Gasteiger partial charge < -0.3 is 4.74 Å². The van der Waals surface area contributed by atoms with Gasteiger partial charge in [-0.2, -0.15) is 4.98 Å². The van der Waals surface area contributed by atoms with Crippen molar-refractivity contribution in [3.05, 3.63) is 60.3 Å². The van der Waals surface area contributed by atoms with Crippen LogP contribution in [-0.2, 0) is 11.2 Å². The van der Waals surface area contributed by atoms with E-state index in [-0.39, 0.29) is 18.4 Å². The summed E-state index contributed by atoms with van der Waals surface area (Å²) in [4.78, 5) is 21.0. The fraction of sp³-hybridized carbons (Fsp3) is 0.261. The van der Waals surface area contributed by atoms with E-state index in [0.29, 0.717) is 11.4 Å². The average molecular weight is 373 g/mol. The highest BCUT2D eigenvalue weighted by atomic mass is 16.5. The van der Waals surface area contributed by atoms with E-state index in [9.17, 15) is 4.79 Å². The molecule has 0 radical (unpaired) electrons. The zero-order chi connectivity index (χ0) is 19.7. The number of ether oxygens (including phenoxy) is 1. The summed E-state index contributed by atoms with van der Waals surface area (Å²) in [6.45, 7) is 6.18. The van der Waals surface area contributed by atoms with Crippen LogP contribution in [0.3, 0.4) is 0 Å². The lowest BCUT2D eigenvalue weighted by Crippen LogP contribution is -2.10. The molecular formula is C23H23N3O2. The molecule has 2 aromatic heterocycles. The lowest BCUT2D eigenvalue weighted by molar-refractivity contribution is -0.134. The minimum absolute atomic E-state index is 0.275. The number of benzene rings is 2. The Bertz CT molecular complexity index is 1140. The summed E-state index contributed by atoms with van der Waals surface area (Å²) < 4.78 is 7.47. The minimum Gasteiger partial charge on any atom is -0.392 e. The maximum Gasteiger partial charge on any atom is 0.313 e. The van der Waals surface area contributed by atoms with Gasteiger partial charge >= 0.3 is 12.0 Å². The molecule has 28 heavy (non-hydrogen) atoms. The van der Waals surface area contributed by atoms with Crippen LogP contribution >= 0.6 is 0 Å². The molecule has 0 fully saturated rings. The molecule has 0 bridgehead atoms. The van der Waals surface area contributed by atoms with Crippen LogP contribution in [0.1, 0.15) is 32.8 Å². The molecule has 0 aliphatic carbocycles. The predicted molar refractivity (Wildman–Crippen MR) is 111 cm³/mol. The van der Waals surface area contributed by atoms with Crippen LogP contribution in [0.4, 0.5) is 0 Å². The Hall–Kier alpha value is -3.21. The molecule has 4 aromatic rings. The lowest BCUT2D eigenvalue weighted by atomic mass is 10.0. The Balaban J connectivity index is 1.94. The molecule has 5 heteroatoms. The predicted octanol–water partition coefficient (Wildman–Crippen LogP) is 5.09. The third-order valence-electron chi connectivity index (χ3n) is 4.69. The lowest BCUT2D eigenvalue weighted by Gasteiger charge is -2.11. The molecule has 0 N–H and O–H groups in total. The van der Waals surface area contributed by atoms with Gasteiger partial charge in [0, 0.05) is 11.8 Å². The SMILES string of the molecule is CCC(=O)Oc1nc2cnc3ccccc3c2n1-c1ccc(CC(C)C)cc1. The van der Waals surface area contributed by atoms with Crippen molar-refractivity contribution in [2.75, 3.05) is 0 Å². The molecule has 0 atom stereocenters. The van der Waals surface area contributed by atoms with Crippen molar-refractivity contribution in [1.29, 1.82) is 0 Å². The summed E-state index contributed by atoms with van der Waals surface area (Å²) in [5.41, 5.74) is 4.65. The van der Waals surface area contributed by atoms with E-state index in [0.717, 1.165) is 28.5 Å². The number of imidazole rings is 1. The van der Waals surface area contributed by atoms with Crippen molar-refractivity contribution in [3.8, 4) is 11.7 Å². The van der Waals surface area contributed by atoms with Crippen LogP contribution in [0.25, 0.3) is 27.6 Å². The fourth-order valence-corrected chi connectivity index (χ4v) is 3.42. The molecule has 2 aromatic carbocycles.